The minimum Gasteiger partial charge on any atom is -0.469 e. The Bertz CT molecular complexity index is 367. The molecule has 0 aliphatic heterocycles. The van der Waals surface area contributed by atoms with Crippen molar-refractivity contribution >= 4 is 18.0 Å². The summed E-state index contributed by atoms with van der Waals surface area (Å²) in [5, 5.41) is 5.70. The highest BCUT2D eigenvalue weighted by Gasteiger charge is 2.15. The first kappa shape index (κ1) is 18.3. The van der Waals surface area contributed by atoms with Crippen LogP contribution < -0.4 is 10.6 Å². The average molecular weight is 314 g/mol. The number of carbonyl (C=O) groups excluding carboxylic acids is 3. The zero-order chi connectivity index (χ0) is 16.2. The van der Waals surface area contributed by atoms with Crippen molar-refractivity contribution in [3.63, 3.8) is 0 Å². The summed E-state index contributed by atoms with van der Waals surface area (Å²) >= 11 is 0. The maximum absolute atomic E-state index is 11.6. The monoisotopic (exact) mass is 314 g/mol. The summed E-state index contributed by atoms with van der Waals surface area (Å²) in [6, 6.07) is 0.119. The first-order valence-electron chi connectivity index (χ1n) is 7.88. The molecule has 0 unspecified atom stereocenters. The fraction of sp³-hybridized carbons (Fsp3) is 0.800. The van der Waals surface area contributed by atoms with E-state index in [-0.39, 0.29) is 31.5 Å². The van der Waals surface area contributed by atoms with Crippen molar-refractivity contribution in [1.82, 2.24) is 10.6 Å². The topological polar surface area (TPSA) is 93.7 Å². The molecular weight excluding hydrogens is 288 g/mol. The standard InChI is InChI=1S/C15H26N2O5/c1-21-13(18)8-9-14(19)22-11-5-10-16-15(20)17-12-6-3-2-4-7-12/h12H,2-11H2,1H3,(H2,16,17,20). The molecule has 1 saturated carbocycles. The van der Waals surface area contributed by atoms with Crippen molar-refractivity contribution in [2.24, 2.45) is 0 Å². The van der Waals surface area contributed by atoms with Gasteiger partial charge in [0.25, 0.3) is 0 Å². The lowest BCUT2D eigenvalue weighted by Crippen LogP contribution is -2.43. The molecule has 2 N–H and O–H groups in total. The van der Waals surface area contributed by atoms with Crippen LogP contribution in [0.3, 0.4) is 0 Å². The Labute approximate surface area is 131 Å². The first-order valence-corrected chi connectivity index (χ1v) is 7.88. The van der Waals surface area contributed by atoms with Crippen LogP contribution in [0.4, 0.5) is 4.79 Å². The van der Waals surface area contributed by atoms with Crippen molar-refractivity contribution in [3.8, 4) is 0 Å². The van der Waals surface area contributed by atoms with Crippen LogP contribution in [0.5, 0.6) is 0 Å². The van der Waals surface area contributed by atoms with Gasteiger partial charge in [0.2, 0.25) is 0 Å². The Morgan fingerprint density at radius 1 is 1.05 bits per heavy atom. The highest BCUT2D eigenvalue weighted by Crippen LogP contribution is 2.17. The summed E-state index contributed by atoms with van der Waals surface area (Å²) in [5.74, 6) is -0.866. The lowest BCUT2D eigenvalue weighted by atomic mass is 9.96. The van der Waals surface area contributed by atoms with Gasteiger partial charge in [-0.15, -0.1) is 0 Å². The predicted octanol–water partition coefficient (Wildman–Crippen LogP) is 1.50. The van der Waals surface area contributed by atoms with Gasteiger partial charge in [-0.2, -0.15) is 0 Å². The summed E-state index contributed by atoms with van der Waals surface area (Å²) in [4.78, 5) is 33.8. The second-order valence-corrected chi connectivity index (χ2v) is 5.39. The number of rotatable bonds is 8. The second-order valence-electron chi connectivity index (χ2n) is 5.39. The molecule has 0 aromatic carbocycles. The molecular formula is C15H26N2O5. The van der Waals surface area contributed by atoms with E-state index >= 15 is 0 Å². The molecule has 0 aromatic heterocycles. The molecule has 0 heterocycles. The first-order chi connectivity index (χ1) is 10.6. The molecule has 1 fully saturated rings. The molecule has 0 radical (unpaired) electrons. The summed E-state index contributed by atoms with van der Waals surface area (Å²) in [5.41, 5.74) is 0. The predicted molar refractivity (Wildman–Crippen MR) is 80.2 cm³/mol. The zero-order valence-electron chi connectivity index (χ0n) is 13.2. The molecule has 1 aliphatic carbocycles. The number of hydrogen-bond acceptors (Lipinski definition) is 5. The van der Waals surface area contributed by atoms with Gasteiger partial charge in [0, 0.05) is 12.6 Å². The molecule has 7 heteroatoms. The quantitative estimate of drug-likeness (QED) is 0.523. The number of amides is 2. The second kappa shape index (κ2) is 10.9. The van der Waals surface area contributed by atoms with Crippen LogP contribution in [-0.4, -0.2) is 44.3 Å². The van der Waals surface area contributed by atoms with E-state index in [1.807, 2.05) is 0 Å². The maximum atomic E-state index is 11.6. The molecule has 1 rings (SSSR count). The van der Waals surface area contributed by atoms with Crippen LogP contribution in [0, 0.1) is 0 Å². The largest absolute Gasteiger partial charge is 0.469 e. The summed E-state index contributed by atoms with van der Waals surface area (Å²) in [7, 11) is 1.28. The summed E-state index contributed by atoms with van der Waals surface area (Å²) < 4.78 is 9.38. The van der Waals surface area contributed by atoms with Crippen molar-refractivity contribution in [3.05, 3.63) is 0 Å². The van der Waals surface area contributed by atoms with Gasteiger partial charge in [-0.3, -0.25) is 9.59 Å². The SMILES string of the molecule is COC(=O)CCC(=O)OCCCNC(=O)NC1CCCCC1. The van der Waals surface area contributed by atoms with Crippen molar-refractivity contribution in [2.75, 3.05) is 20.3 Å². The van der Waals surface area contributed by atoms with E-state index in [0.717, 1.165) is 12.8 Å². The normalized spacial score (nSPS) is 15.0. The van der Waals surface area contributed by atoms with Gasteiger partial charge in [0.15, 0.2) is 0 Å². The van der Waals surface area contributed by atoms with Crippen LogP contribution in [0.15, 0.2) is 0 Å². The number of ether oxygens (including phenoxy) is 2. The van der Waals surface area contributed by atoms with E-state index in [1.54, 1.807) is 0 Å². The molecule has 0 aromatic rings. The lowest BCUT2D eigenvalue weighted by molar-refractivity contribution is -0.149. The van der Waals surface area contributed by atoms with Gasteiger partial charge >= 0.3 is 18.0 Å². The van der Waals surface area contributed by atoms with Crippen LogP contribution in [0.2, 0.25) is 0 Å². The molecule has 1 aliphatic rings. The van der Waals surface area contributed by atoms with Crippen LogP contribution in [0.25, 0.3) is 0 Å². The van der Waals surface area contributed by atoms with Gasteiger partial charge in [-0.25, -0.2) is 4.79 Å². The van der Waals surface area contributed by atoms with Crippen LogP contribution >= 0.6 is 0 Å². The number of carbonyl (C=O) groups is 3. The van der Waals surface area contributed by atoms with E-state index in [0.29, 0.717) is 13.0 Å². The van der Waals surface area contributed by atoms with Gasteiger partial charge < -0.3 is 20.1 Å². The number of urea groups is 1. The summed E-state index contributed by atoms with van der Waals surface area (Å²) in [6.07, 6.45) is 6.28. The lowest BCUT2D eigenvalue weighted by Gasteiger charge is -2.22. The minimum atomic E-state index is -0.433. The van der Waals surface area contributed by atoms with E-state index in [9.17, 15) is 14.4 Å². The Balaban J connectivity index is 1.96. The van der Waals surface area contributed by atoms with Crippen LogP contribution in [0.1, 0.15) is 51.4 Å². The molecule has 0 spiro atoms. The maximum Gasteiger partial charge on any atom is 0.315 e. The molecule has 126 valence electrons. The third kappa shape index (κ3) is 8.49. The number of nitrogens with one attached hydrogen (secondary N) is 2. The van der Waals surface area contributed by atoms with E-state index in [2.05, 4.69) is 15.4 Å². The third-order valence-corrected chi connectivity index (χ3v) is 3.57. The number of methoxy groups -OCH3 is 1. The van der Waals surface area contributed by atoms with E-state index in [4.69, 9.17) is 4.74 Å². The highest BCUT2D eigenvalue weighted by atomic mass is 16.5. The average Bonchev–Trinajstić information content (AvgIpc) is 2.53. The molecule has 0 atom stereocenters. The van der Waals surface area contributed by atoms with Gasteiger partial charge in [0.1, 0.15) is 0 Å². The van der Waals surface area contributed by atoms with Crippen LogP contribution in [-0.2, 0) is 19.1 Å². The molecule has 22 heavy (non-hydrogen) atoms. The number of hydrogen-bond donors (Lipinski definition) is 2. The molecule has 0 bridgehead atoms. The fourth-order valence-electron chi connectivity index (χ4n) is 2.32. The van der Waals surface area contributed by atoms with Gasteiger partial charge in [0.05, 0.1) is 26.6 Å². The highest BCUT2D eigenvalue weighted by molar-refractivity contribution is 5.77. The Hall–Kier alpha value is -1.79. The van der Waals surface area contributed by atoms with Crippen molar-refractivity contribution in [1.29, 1.82) is 0 Å². The van der Waals surface area contributed by atoms with E-state index < -0.39 is 11.9 Å². The van der Waals surface area contributed by atoms with Gasteiger partial charge in [-0.05, 0) is 19.3 Å². The van der Waals surface area contributed by atoms with Gasteiger partial charge in [-0.1, -0.05) is 19.3 Å². The Kier molecular flexibility index (Phi) is 9.02. The molecule has 2 amide bonds. The van der Waals surface area contributed by atoms with Crippen molar-refractivity contribution < 1.29 is 23.9 Å². The minimum absolute atomic E-state index is 0.0161. The fourth-order valence-corrected chi connectivity index (χ4v) is 2.32. The third-order valence-electron chi connectivity index (χ3n) is 3.57. The smallest absolute Gasteiger partial charge is 0.315 e. The Morgan fingerprint density at radius 3 is 2.41 bits per heavy atom. The zero-order valence-corrected chi connectivity index (χ0v) is 13.2. The summed E-state index contributed by atoms with van der Waals surface area (Å²) in [6.45, 7) is 0.673. The van der Waals surface area contributed by atoms with E-state index in [1.165, 1.54) is 26.4 Å². The molecule has 7 nitrogen and oxygen atoms in total. The Morgan fingerprint density at radius 2 is 1.73 bits per heavy atom. The van der Waals surface area contributed by atoms with Crippen molar-refractivity contribution in [2.45, 2.75) is 57.4 Å². The number of esters is 2. The molecule has 0 saturated heterocycles.